The summed E-state index contributed by atoms with van der Waals surface area (Å²) in [6, 6.07) is 1.39. The molecule has 0 aromatic heterocycles. The van der Waals surface area contributed by atoms with Gasteiger partial charge in [-0.1, -0.05) is 11.6 Å². The summed E-state index contributed by atoms with van der Waals surface area (Å²) in [5, 5.41) is 13.3. The van der Waals surface area contributed by atoms with E-state index in [0.717, 1.165) is 6.07 Å². The summed E-state index contributed by atoms with van der Waals surface area (Å²) >= 11 is 5.58. The van der Waals surface area contributed by atoms with Gasteiger partial charge in [0.05, 0.1) is 27.5 Å². The molecule has 0 saturated carbocycles. The normalized spacial score (nSPS) is 21.3. The van der Waals surface area contributed by atoms with Gasteiger partial charge in [-0.15, -0.1) is 0 Å². The van der Waals surface area contributed by atoms with E-state index in [-0.39, 0.29) is 22.2 Å². The summed E-state index contributed by atoms with van der Waals surface area (Å²) in [5.74, 6) is -0.954. The van der Waals surface area contributed by atoms with Gasteiger partial charge in [0.25, 0.3) is 5.69 Å². The maximum atomic E-state index is 13.2. The van der Waals surface area contributed by atoms with Crippen molar-refractivity contribution in [2.75, 3.05) is 16.8 Å². The molecule has 1 atom stereocenters. The Kier molecular flexibility index (Phi) is 3.64. The van der Waals surface area contributed by atoms with Crippen molar-refractivity contribution in [1.29, 1.82) is 0 Å². The minimum absolute atomic E-state index is 0.0264. The minimum atomic E-state index is -3.11. The molecular weight excluding hydrogens is 299 g/mol. The summed E-state index contributed by atoms with van der Waals surface area (Å²) in [4.78, 5) is 10.1. The highest BCUT2D eigenvalue weighted by Gasteiger charge is 2.29. The van der Waals surface area contributed by atoms with Gasteiger partial charge in [-0.2, -0.15) is 0 Å². The van der Waals surface area contributed by atoms with Crippen molar-refractivity contribution >= 4 is 32.8 Å². The summed E-state index contributed by atoms with van der Waals surface area (Å²) in [6.07, 6.45) is 0.356. The third-order valence-electron chi connectivity index (χ3n) is 2.83. The lowest BCUT2D eigenvalue weighted by atomic mass is 10.2. The topological polar surface area (TPSA) is 89.3 Å². The van der Waals surface area contributed by atoms with E-state index in [9.17, 15) is 22.9 Å². The Bertz CT molecular complexity index is 635. The zero-order chi connectivity index (χ0) is 14.2. The predicted molar refractivity (Wildman–Crippen MR) is 68.7 cm³/mol. The zero-order valence-electron chi connectivity index (χ0n) is 9.60. The Morgan fingerprint density at radius 1 is 1.47 bits per heavy atom. The molecule has 19 heavy (non-hydrogen) atoms. The molecule has 1 aliphatic rings. The molecule has 0 spiro atoms. The van der Waals surface area contributed by atoms with Gasteiger partial charge < -0.3 is 5.32 Å². The number of nitro groups is 1. The molecule has 1 saturated heterocycles. The van der Waals surface area contributed by atoms with Crippen LogP contribution in [0.3, 0.4) is 0 Å². The standard InChI is InChI=1S/C10H10ClFN2O4S/c11-7-3-9(10(14(15)16)4-8(7)12)13-6-1-2-19(17,18)5-6/h3-4,6,13H,1-2,5H2. The van der Waals surface area contributed by atoms with Gasteiger partial charge in [0.15, 0.2) is 9.84 Å². The Balaban J connectivity index is 2.29. The number of hydrogen-bond donors (Lipinski definition) is 1. The second kappa shape index (κ2) is 4.93. The van der Waals surface area contributed by atoms with Crippen LogP contribution in [-0.2, 0) is 9.84 Å². The lowest BCUT2D eigenvalue weighted by molar-refractivity contribution is -0.384. The van der Waals surface area contributed by atoms with Gasteiger partial charge in [0, 0.05) is 6.04 Å². The fourth-order valence-electron chi connectivity index (χ4n) is 1.93. The molecule has 1 aliphatic heterocycles. The SMILES string of the molecule is O=[N+]([O-])c1cc(F)c(Cl)cc1NC1CCS(=O)(=O)C1. The lowest BCUT2D eigenvalue weighted by Crippen LogP contribution is -2.21. The fourth-order valence-corrected chi connectivity index (χ4v) is 3.77. The van der Waals surface area contributed by atoms with Crippen molar-refractivity contribution in [1.82, 2.24) is 0 Å². The van der Waals surface area contributed by atoms with E-state index in [0.29, 0.717) is 12.5 Å². The Morgan fingerprint density at radius 2 is 2.16 bits per heavy atom. The van der Waals surface area contributed by atoms with E-state index in [1.807, 2.05) is 0 Å². The third kappa shape index (κ3) is 3.13. The second-order valence-corrected chi connectivity index (χ2v) is 6.92. The molecule has 1 heterocycles. The number of halogens is 2. The monoisotopic (exact) mass is 308 g/mol. The van der Waals surface area contributed by atoms with Crippen LogP contribution >= 0.6 is 11.6 Å². The zero-order valence-corrected chi connectivity index (χ0v) is 11.2. The number of rotatable bonds is 3. The number of nitro benzene ring substituents is 1. The van der Waals surface area contributed by atoms with Gasteiger partial charge >= 0.3 is 0 Å². The molecule has 1 fully saturated rings. The first-order chi connectivity index (χ1) is 8.78. The molecule has 9 heteroatoms. The average Bonchev–Trinajstić information content (AvgIpc) is 2.62. The van der Waals surface area contributed by atoms with E-state index < -0.39 is 32.3 Å². The molecule has 0 amide bonds. The summed E-state index contributed by atoms with van der Waals surface area (Å²) < 4.78 is 35.8. The van der Waals surface area contributed by atoms with Gasteiger partial charge in [0.1, 0.15) is 11.5 Å². The number of anilines is 1. The maximum absolute atomic E-state index is 13.2. The molecule has 104 valence electrons. The fraction of sp³-hybridized carbons (Fsp3) is 0.400. The summed E-state index contributed by atoms with van der Waals surface area (Å²) in [6.45, 7) is 0. The van der Waals surface area contributed by atoms with Gasteiger partial charge in [-0.05, 0) is 12.5 Å². The molecule has 1 aromatic rings. The van der Waals surface area contributed by atoms with Gasteiger partial charge in [-0.3, -0.25) is 10.1 Å². The van der Waals surface area contributed by atoms with Crippen LogP contribution in [0.25, 0.3) is 0 Å². The molecule has 1 aromatic carbocycles. The molecule has 6 nitrogen and oxygen atoms in total. The molecular formula is C10H10ClFN2O4S. The first-order valence-electron chi connectivity index (χ1n) is 5.39. The molecule has 2 rings (SSSR count). The van der Waals surface area contributed by atoms with Crippen molar-refractivity contribution in [2.24, 2.45) is 0 Å². The van der Waals surface area contributed by atoms with Gasteiger partial charge in [0.2, 0.25) is 0 Å². The quantitative estimate of drug-likeness (QED) is 0.681. The van der Waals surface area contributed by atoms with E-state index in [1.165, 1.54) is 0 Å². The number of hydrogen-bond acceptors (Lipinski definition) is 5. The van der Waals surface area contributed by atoms with Crippen molar-refractivity contribution in [3.05, 3.63) is 33.1 Å². The number of benzene rings is 1. The van der Waals surface area contributed by atoms with Crippen LogP contribution in [0.15, 0.2) is 12.1 Å². The Morgan fingerprint density at radius 3 is 2.68 bits per heavy atom. The molecule has 0 aliphatic carbocycles. The van der Waals surface area contributed by atoms with Crippen LogP contribution in [-0.4, -0.2) is 30.9 Å². The second-order valence-electron chi connectivity index (χ2n) is 4.28. The van der Waals surface area contributed by atoms with Crippen molar-refractivity contribution in [3.63, 3.8) is 0 Å². The van der Waals surface area contributed by atoms with Crippen molar-refractivity contribution in [3.8, 4) is 0 Å². The summed E-state index contributed by atoms with van der Waals surface area (Å²) in [7, 11) is -3.11. The van der Waals surface area contributed by atoms with Gasteiger partial charge in [-0.25, -0.2) is 12.8 Å². The third-order valence-corrected chi connectivity index (χ3v) is 4.88. The highest BCUT2D eigenvalue weighted by Crippen LogP contribution is 2.31. The van der Waals surface area contributed by atoms with Crippen molar-refractivity contribution < 1.29 is 17.7 Å². The average molecular weight is 309 g/mol. The highest BCUT2D eigenvalue weighted by molar-refractivity contribution is 7.91. The first kappa shape index (κ1) is 14.0. The van der Waals surface area contributed by atoms with Crippen LogP contribution in [0.5, 0.6) is 0 Å². The van der Waals surface area contributed by atoms with Crippen molar-refractivity contribution in [2.45, 2.75) is 12.5 Å². The molecule has 0 radical (unpaired) electrons. The molecule has 1 N–H and O–H groups in total. The number of nitrogens with one attached hydrogen (secondary N) is 1. The molecule has 0 bridgehead atoms. The Hall–Kier alpha value is -1.41. The van der Waals surface area contributed by atoms with E-state index in [2.05, 4.69) is 5.32 Å². The first-order valence-corrected chi connectivity index (χ1v) is 7.59. The van der Waals surface area contributed by atoms with E-state index >= 15 is 0 Å². The van der Waals surface area contributed by atoms with E-state index in [1.54, 1.807) is 0 Å². The van der Waals surface area contributed by atoms with Crippen LogP contribution in [0, 0.1) is 15.9 Å². The predicted octanol–water partition coefficient (Wildman–Crippen LogP) is 1.99. The highest BCUT2D eigenvalue weighted by atomic mass is 35.5. The number of sulfone groups is 1. The van der Waals surface area contributed by atoms with Crippen LogP contribution in [0.4, 0.5) is 15.8 Å². The van der Waals surface area contributed by atoms with Crippen LogP contribution < -0.4 is 5.32 Å². The minimum Gasteiger partial charge on any atom is -0.376 e. The maximum Gasteiger partial charge on any atom is 0.295 e. The largest absolute Gasteiger partial charge is 0.376 e. The van der Waals surface area contributed by atoms with Crippen LogP contribution in [0.1, 0.15) is 6.42 Å². The lowest BCUT2D eigenvalue weighted by Gasteiger charge is -2.13. The smallest absolute Gasteiger partial charge is 0.295 e. The Labute approximate surface area is 113 Å². The molecule has 1 unspecified atom stereocenters. The van der Waals surface area contributed by atoms with E-state index in [4.69, 9.17) is 11.6 Å². The van der Waals surface area contributed by atoms with Crippen LogP contribution in [0.2, 0.25) is 5.02 Å². The number of nitrogens with zero attached hydrogens (tertiary/aromatic N) is 1. The summed E-state index contributed by atoms with van der Waals surface area (Å²) in [5.41, 5.74) is -0.440.